The molecule has 7 heteroatoms. The summed E-state index contributed by atoms with van der Waals surface area (Å²) in [5.41, 5.74) is 34.5. The van der Waals surface area contributed by atoms with Gasteiger partial charge < -0.3 is 18.9 Å². The predicted molar refractivity (Wildman–Crippen MR) is 524 cm³/mol. The van der Waals surface area contributed by atoms with Gasteiger partial charge in [-0.15, -0.1) is 22.7 Å². The van der Waals surface area contributed by atoms with Gasteiger partial charge in [-0.1, -0.05) is 299 Å². The maximum atomic E-state index is 2.69. The molecule has 2 aliphatic rings. The molecule has 21 aromatic rings. The van der Waals surface area contributed by atoms with Crippen molar-refractivity contribution in [2.45, 2.75) is 78.6 Å². The van der Waals surface area contributed by atoms with Gasteiger partial charge in [-0.2, -0.15) is 0 Å². The molecule has 0 bridgehead atoms. The minimum atomic E-state index is -0.287. The maximum Gasteiger partial charge on any atom is 0.252 e. The number of hydrogen-bond donors (Lipinski definition) is 0. The molecule has 4 nitrogen and oxygen atoms in total. The third-order valence-electron chi connectivity index (χ3n) is 26.0. The molecule has 0 radical (unpaired) electrons. The summed E-state index contributed by atoms with van der Waals surface area (Å²) in [7, 11) is 0. The quantitative estimate of drug-likeness (QED) is 0.127. The van der Waals surface area contributed by atoms with Crippen LogP contribution in [0.1, 0.15) is 79.0 Å². The van der Waals surface area contributed by atoms with E-state index in [1.807, 2.05) is 22.7 Å². The normalized spacial score (nSPS) is 13.0. The van der Waals surface area contributed by atoms with Gasteiger partial charge in [0.05, 0.1) is 33.4 Å². The summed E-state index contributed by atoms with van der Waals surface area (Å²) in [5, 5.41) is 10.00. The van der Waals surface area contributed by atoms with E-state index in [-0.39, 0.29) is 23.0 Å². The fourth-order valence-corrected chi connectivity index (χ4v) is 22.1. The largest absolute Gasteiger partial charge is 0.311 e. The van der Waals surface area contributed by atoms with Gasteiger partial charge in [0.1, 0.15) is 0 Å². The Bertz CT molecular complexity index is 7740. The van der Waals surface area contributed by atoms with Crippen LogP contribution in [0.15, 0.2) is 364 Å². The van der Waals surface area contributed by atoms with E-state index in [0.717, 1.165) is 89.9 Å². The molecular weight excluding hydrogens is 1500 g/mol. The molecular formula is C114H87BN4S2. The van der Waals surface area contributed by atoms with E-state index < -0.39 is 0 Å². The molecule has 0 aliphatic carbocycles. The fraction of sp³-hybridized carbons (Fsp3) is 0.105. The number of hydrogen-bond acceptors (Lipinski definition) is 4. The zero-order valence-corrected chi connectivity index (χ0v) is 71.0. The summed E-state index contributed by atoms with van der Waals surface area (Å²) in [6, 6.07) is 140. The van der Waals surface area contributed by atoms with Crippen LogP contribution in [0.3, 0.4) is 0 Å². The Morgan fingerprint density at radius 1 is 0.223 bits per heavy atom. The Morgan fingerprint density at radius 3 is 1.19 bits per heavy atom. The second-order valence-corrected chi connectivity index (χ2v) is 38.5. The van der Waals surface area contributed by atoms with Gasteiger partial charge in [0.2, 0.25) is 0 Å². The van der Waals surface area contributed by atoms with Crippen molar-refractivity contribution in [2.75, 3.05) is 9.80 Å². The molecule has 6 heterocycles. The number of nitrogens with zero attached hydrogens (tertiary/aromatic N) is 4. The van der Waals surface area contributed by atoms with Crippen molar-refractivity contribution in [3.05, 3.63) is 381 Å². The number of rotatable bonds is 10. The van der Waals surface area contributed by atoms with Crippen LogP contribution in [0.4, 0.5) is 34.1 Å². The number of fused-ring (bicyclic) bond motifs is 16. The number of benzene rings is 17. The van der Waals surface area contributed by atoms with Crippen LogP contribution >= 0.6 is 22.7 Å². The zero-order valence-electron chi connectivity index (χ0n) is 69.3. The lowest BCUT2D eigenvalue weighted by molar-refractivity contribution is 0.590. The van der Waals surface area contributed by atoms with Gasteiger partial charge in [0.15, 0.2) is 0 Å². The molecule has 121 heavy (non-hydrogen) atoms. The summed E-state index contributed by atoms with van der Waals surface area (Å²) in [5.74, 6) is 0. The van der Waals surface area contributed by atoms with Crippen LogP contribution in [0.25, 0.3) is 162 Å². The highest BCUT2D eigenvalue weighted by molar-refractivity contribution is 7.26. The lowest BCUT2D eigenvalue weighted by atomic mass is 9.33. The lowest BCUT2D eigenvalue weighted by Crippen LogP contribution is -2.61. The molecule has 0 amide bonds. The van der Waals surface area contributed by atoms with Crippen molar-refractivity contribution in [1.82, 2.24) is 9.13 Å². The van der Waals surface area contributed by atoms with Crippen molar-refractivity contribution in [3.63, 3.8) is 0 Å². The average molecular weight is 1590 g/mol. The average Bonchev–Trinajstić information content (AvgIpc) is 0.710. The molecule has 4 aromatic heterocycles. The Balaban J connectivity index is 0.868. The summed E-state index contributed by atoms with van der Waals surface area (Å²) < 4.78 is 10.3. The summed E-state index contributed by atoms with van der Waals surface area (Å²) in [6.07, 6.45) is 0. The Labute approximate surface area is 714 Å². The van der Waals surface area contributed by atoms with Gasteiger partial charge in [-0.25, -0.2) is 0 Å². The van der Waals surface area contributed by atoms with Crippen molar-refractivity contribution >= 4 is 164 Å². The van der Waals surface area contributed by atoms with Crippen LogP contribution in [0.2, 0.25) is 0 Å². The minimum Gasteiger partial charge on any atom is -0.311 e. The predicted octanol–water partition coefficient (Wildman–Crippen LogP) is 30.6. The van der Waals surface area contributed by atoms with Gasteiger partial charge in [-0.05, 0) is 232 Å². The van der Waals surface area contributed by atoms with E-state index in [4.69, 9.17) is 0 Å². The first-order valence-electron chi connectivity index (χ1n) is 42.5. The van der Waals surface area contributed by atoms with E-state index in [1.165, 1.54) is 139 Å². The van der Waals surface area contributed by atoms with Crippen LogP contribution in [-0.2, 0) is 16.2 Å². The van der Waals surface area contributed by atoms with E-state index in [0.29, 0.717) is 0 Å². The minimum absolute atomic E-state index is 0.0320. The molecule has 0 N–H and O–H groups in total. The fourth-order valence-electron chi connectivity index (χ4n) is 19.9. The smallest absolute Gasteiger partial charge is 0.252 e. The second-order valence-electron chi connectivity index (χ2n) is 36.3. The molecule has 0 fully saturated rings. The third-order valence-corrected chi connectivity index (χ3v) is 28.3. The number of para-hydroxylation sites is 4. The van der Waals surface area contributed by atoms with Gasteiger partial charge in [0, 0.05) is 107 Å². The summed E-state index contributed by atoms with van der Waals surface area (Å²) in [4.78, 5) is 5.35. The molecule has 23 rings (SSSR count). The van der Waals surface area contributed by atoms with E-state index in [9.17, 15) is 0 Å². The van der Waals surface area contributed by atoms with Crippen molar-refractivity contribution in [1.29, 1.82) is 0 Å². The second kappa shape index (κ2) is 27.5. The Morgan fingerprint density at radius 2 is 0.645 bits per heavy atom. The van der Waals surface area contributed by atoms with Crippen LogP contribution < -0.4 is 26.2 Å². The molecule has 0 saturated carbocycles. The molecule has 578 valence electrons. The molecule has 0 spiro atoms. The van der Waals surface area contributed by atoms with Crippen LogP contribution in [-0.4, -0.2) is 15.8 Å². The molecule has 2 aliphatic heterocycles. The third kappa shape index (κ3) is 11.7. The highest BCUT2D eigenvalue weighted by atomic mass is 32.1. The van der Waals surface area contributed by atoms with Crippen molar-refractivity contribution in [3.8, 4) is 78.1 Å². The molecule has 0 unspecified atom stereocenters. The van der Waals surface area contributed by atoms with E-state index >= 15 is 0 Å². The van der Waals surface area contributed by atoms with Gasteiger partial charge >= 0.3 is 0 Å². The standard InChI is InChI=1S/C114H87BN4S2/c1-112(2,3)78-52-59-108-92(68-78)91-63-74(50-58-107(91)121-108)84-38-27-44-101(119-97-41-23-18-34-87(97)88-35-19-24-42-98(88)119)110(84)77-65-103-111-104(66-77)117(82-61-76(71-30-14-11-15-31-71)60-80(67-82)114(7,8)9)99-56-48-75(64-94(99)115(111)93-55-51-79(113(4,5)6)69-102(93)116(103)81-53-46-72(47-54-81)70-28-12-10-13-29-70)109-83(73-49-57-106-90(62-73)89-36-20-25-45-105(89)120-106)37-26-43-100(109)118-95-39-21-16-32-85(95)86-33-17-22-40-96(86)118/h10-69H,1-9H3. The van der Waals surface area contributed by atoms with Crippen LogP contribution in [0, 0.1) is 0 Å². The van der Waals surface area contributed by atoms with Crippen molar-refractivity contribution in [2.24, 2.45) is 0 Å². The lowest BCUT2D eigenvalue weighted by Gasteiger charge is -2.45. The molecule has 17 aromatic carbocycles. The first-order valence-corrected chi connectivity index (χ1v) is 44.1. The maximum absolute atomic E-state index is 2.69. The van der Waals surface area contributed by atoms with Crippen molar-refractivity contribution < 1.29 is 0 Å². The van der Waals surface area contributed by atoms with Gasteiger partial charge in [0.25, 0.3) is 6.71 Å². The Kier molecular flexibility index (Phi) is 16.5. The Hall–Kier alpha value is -13.6. The first-order chi connectivity index (χ1) is 58.9. The van der Waals surface area contributed by atoms with Gasteiger partial charge in [-0.3, -0.25) is 0 Å². The summed E-state index contributed by atoms with van der Waals surface area (Å²) in [6.45, 7) is 20.9. The summed E-state index contributed by atoms with van der Waals surface area (Å²) >= 11 is 3.76. The first kappa shape index (κ1) is 72.7. The monoisotopic (exact) mass is 1590 g/mol. The number of anilines is 6. The molecule has 0 atom stereocenters. The molecule has 0 saturated heterocycles. The van der Waals surface area contributed by atoms with Crippen LogP contribution in [0.5, 0.6) is 0 Å². The number of thiophene rings is 2. The van der Waals surface area contributed by atoms with E-state index in [1.54, 1.807) is 0 Å². The zero-order chi connectivity index (χ0) is 81.5. The van der Waals surface area contributed by atoms with E-state index in [2.05, 4.69) is 445 Å². The number of aromatic nitrogens is 2. The highest BCUT2D eigenvalue weighted by Crippen LogP contribution is 2.54. The highest BCUT2D eigenvalue weighted by Gasteiger charge is 2.45. The topological polar surface area (TPSA) is 16.3 Å². The SMILES string of the molecule is CC(C)(C)c1cc(-c2ccccc2)cc(N2c3ccc(-c4c(-c5ccc6sc7ccccc7c6c5)cccc4-n4c5ccccc5c5ccccc54)cc3B3c4ccc(C(C)(C)C)cc4N(c4ccc(-c5ccccc5)cc4)c4cc(-c5c(-c6ccc7sc8ccc(C(C)(C)C)cc8c7c6)cccc5-n5c6ccccc6c6ccccc65)cc2c43)c1.